The zero-order valence-electron chi connectivity index (χ0n) is 18.8. The van der Waals surface area contributed by atoms with E-state index in [0.717, 1.165) is 5.56 Å². The van der Waals surface area contributed by atoms with Crippen LogP contribution in [0.4, 0.5) is 5.69 Å². The van der Waals surface area contributed by atoms with Crippen molar-refractivity contribution < 1.29 is 19.1 Å². The molecule has 1 amide bonds. The van der Waals surface area contributed by atoms with Gasteiger partial charge >= 0.3 is 0 Å². The van der Waals surface area contributed by atoms with Crippen LogP contribution in [0, 0.1) is 0 Å². The number of methoxy groups -OCH3 is 1. The molecular formula is C28H21Cl2NO4. The number of hydrogen-bond donors (Lipinski definition) is 1. The van der Waals surface area contributed by atoms with Gasteiger partial charge < -0.3 is 14.8 Å². The molecule has 4 aromatic rings. The zero-order valence-corrected chi connectivity index (χ0v) is 20.3. The molecule has 0 heterocycles. The number of nitrogens with one attached hydrogen (secondary N) is 1. The minimum absolute atomic E-state index is 0.244. The van der Waals surface area contributed by atoms with E-state index in [9.17, 15) is 9.59 Å². The molecule has 0 bridgehead atoms. The highest BCUT2D eigenvalue weighted by molar-refractivity contribution is 6.31. The highest BCUT2D eigenvalue weighted by Crippen LogP contribution is 2.30. The third kappa shape index (κ3) is 6.01. The molecule has 0 aromatic heterocycles. The summed E-state index contributed by atoms with van der Waals surface area (Å²) in [5.74, 6) is 0.248. The van der Waals surface area contributed by atoms with E-state index in [4.69, 9.17) is 32.7 Å². The molecule has 4 rings (SSSR count). The number of halogens is 2. The Kier molecular flexibility index (Phi) is 7.70. The lowest BCUT2D eigenvalue weighted by atomic mass is 10.0. The third-order valence-electron chi connectivity index (χ3n) is 5.24. The van der Waals surface area contributed by atoms with Gasteiger partial charge in [0.1, 0.15) is 6.61 Å². The second-order valence-electron chi connectivity index (χ2n) is 7.62. The predicted octanol–water partition coefficient (Wildman–Crippen LogP) is 7.06. The average Bonchev–Trinajstić information content (AvgIpc) is 2.89. The molecule has 35 heavy (non-hydrogen) atoms. The van der Waals surface area contributed by atoms with Gasteiger partial charge in [0.25, 0.3) is 5.91 Å². The fourth-order valence-corrected chi connectivity index (χ4v) is 3.72. The Balaban J connectivity index is 1.53. The van der Waals surface area contributed by atoms with Crippen molar-refractivity contribution in [2.24, 2.45) is 0 Å². The van der Waals surface area contributed by atoms with E-state index in [0.29, 0.717) is 50.5 Å². The van der Waals surface area contributed by atoms with Crippen molar-refractivity contribution in [2.45, 2.75) is 6.61 Å². The highest BCUT2D eigenvalue weighted by atomic mass is 35.5. The lowest BCUT2D eigenvalue weighted by Crippen LogP contribution is -2.15. The monoisotopic (exact) mass is 505 g/mol. The van der Waals surface area contributed by atoms with Crippen molar-refractivity contribution in [3.8, 4) is 11.5 Å². The maximum absolute atomic E-state index is 13.0. The molecule has 0 unspecified atom stereocenters. The van der Waals surface area contributed by atoms with E-state index in [1.54, 1.807) is 72.8 Å². The first-order valence-electron chi connectivity index (χ1n) is 10.7. The number of hydrogen-bond acceptors (Lipinski definition) is 4. The predicted molar refractivity (Wildman–Crippen MR) is 138 cm³/mol. The van der Waals surface area contributed by atoms with Gasteiger partial charge in [0.2, 0.25) is 0 Å². The molecule has 1 N–H and O–H groups in total. The number of carbonyl (C=O) groups is 2. The normalized spacial score (nSPS) is 10.5. The Labute approximate surface area is 213 Å². The molecule has 0 atom stereocenters. The number of benzene rings is 4. The molecule has 0 aliphatic carbocycles. The highest BCUT2D eigenvalue weighted by Gasteiger charge is 2.18. The van der Waals surface area contributed by atoms with Crippen molar-refractivity contribution in [3.63, 3.8) is 0 Å². The van der Waals surface area contributed by atoms with Crippen LogP contribution in [-0.4, -0.2) is 18.8 Å². The summed E-state index contributed by atoms with van der Waals surface area (Å²) < 4.78 is 11.3. The van der Waals surface area contributed by atoms with Gasteiger partial charge in [-0.15, -0.1) is 0 Å². The van der Waals surface area contributed by atoms with Gasteiger partial charge in [-0.05, 0) is 54.1 Å². The number of rotatable bonds is 8. The van der Waals surface area contributed by atoms with E-state index in [1.807, 2.05) is 18.2 Å². The van der Waals surface area contributed by atoms with Crippen LogP contribution in [0.15, 0.2) is 91.0 Å². The fourth-order valence-electron chi connectivity index (χ4n) is 3.42. The molecular weight excluding hydrogens is 485 g/mol. The number of anilines is 1. The molecule has 0 saturated carbocycles. The number of amides is 1. The fraction of sp³-hybridized carbons (Fsp3) is 0.0714. The summed E-state index contributed by atoms with van der Waals surface area (Å²) in [6, 6.07) is 25.8. The Bertz CT molecular complexity index is 1360. The van der Waals surface area contributed by atoms with Gasteiger partial charge in [-0.25, -0.2) is 0 Å². The molecule has 0 spiro atoms. The third-order valence-corrected chi connectivity index (χ3v) is 5.73. The van der Waals surface area contributed by atoms with Crippen LogP contribution >= 0.6 is 23.2 Å². The summed E-state index contributed by atoms with van der Waals surface area (Å²) in [6.45, 7) is 0.314. The first kappa shape index (κ1) is 24.3. The zero-order chi connectivity index (χ0) is 24.8. The molecule has 7 heteroatoms. The minimum atomic E-state index is -0.406. The Morgan fingerprint density at radius 2 is 1.49 bits per heavy atom. The van der Waals surface area contributed by atoms with Crippen LogP contribution in [0.25, 0.3) is 0 Å². The Morgan fingerprint density at radius 3 is 2.20 bits per heavy atom. The van der Waals surface area contributed by atoms with Crippen LogP contribution in [0.1, 0.15) is 31.8 Å². The van der Waals surface area contributed by atoms with Crippen LogP contribution < -0.4 is 14.8 Å². The first-order valence-corrected chi connectivity index (χ1v) is 11.5. The van der Waals surface area contributed by atoms with E-state index in [2.05, 4.69) is 5.32 Å². The second kappa shape index (κ2) is 11.1. The summed E-state index contributed by atoms with van der Waals surface area (Å²) in [4.78, 5) is 26.1. The molecule has 0 radical (unpaired) electrons. The van der Waals surface area contributed by atoms with Crippen LogP contribution in [0.5, 0.6) is 11.5 Å². The molecule has 0 aliphatic rings. The van der Waals surface area contributed by atoms with E-state index < -0.39 is 5.91 Å². The van der Waals surface area contributed by atoms with Crippen LogP contribution in [-0.2, 0) is 6.61 Å². The van der Waals surface area contributed by atoms with Crippen molar-refractivity contribution in [1.29, 1.82) is 0 Å². The minimum Gasteiger partial charge on any atom is -0.493 e. The van der Waals surface area contributed by atoms with E-state index >= 15 is 0 Å². The molecule has 176 valence electrons. The van der Waals surface area contributed by atoms with Crippen molar-refractivity contribution >= 4 is 40.6 Å². The molecule has 5 nitrogen and oxygen atoms in total. The summed E-state index contributed by atoms with van der Waals surface area (Å²) in [7, 11) is 1.50. The topological polar surface area (TPSA) is 64.6 Å². The van der Waals surface area contributed by atoms with Crippen molar-refractivity contribution in [3.05, 3.63) is 123 Å². The summed E-state index contributed by atoms with van der Waals surface area (Å²) in [5, 5.41) is 3.85. The number of ketones is 1. The number of ether oxygens (including phenoxy) is 2. The van der Waals surface area contributed by atoms with Gasteiger partial charge in [-0.2, -0.15) is 0 Å². The van der Waals surface area contributed by atoms with Gasteiger partial charge in [0.15, 0.2) is 17.3 Å². The van der Waals surface area contributed by atoms with Crippen molar-refractivity contribution in [2.75, 3.05) is 12.4 Å². The Hall–Kier alpha value is -3.80. The summed E-state index contributed by atoms with van der Waals surface area (Å²) in [6.07, 6.45) is 0. The van der Waals surface area contributed by atoms with E-state index in [1.165, 1.54) is 7.11 Å². The SMILES string of the molecule is COc1cc(C(=O)Nc2ccc(Cl)cc2C(=O)c2ccccc2)ccc1OCc1ccc(Cl)cc1. The largest absolute Gasteiger partial charge is 0.493 e. The summed E-state index contributed by atoms with van der Waals surface area (Å²) in [5.41, 5.74) is 2.43. The standard InChI is InChI=1S/C28H21Cl2NO4/c1-34-26-15-20(9-14-25(26)35-17-18-7-10-21(29)11-8-18)28(33)31-24-13-12-22(30)16-23(24)27(32)19-5-3-2-4-6-19/h2-16H,17H2,1H3,(H,31,33). The van der Waals surface area contributed by atoms with Gasteiger partial charge in [0, 0.05) is 26.7 Å². The smallest absolute Gasteiger partial charge is 0.255 e. The Morgan fingerprint density at radius 1 is 0.771 bits per heavy atom. The van der Waals surface area contributed by atoms with E-state index in [-0.39, 0.29) is 5.78 Å². The van der Waals surface area contributed by atoms with Gasteiger partial charge in [-0.1, -0.05) is 65.7 Å². The average molecular weight is 506 g/mol. The van der Waals surface area contributed by atoms with Gasteiger partial charge in [0.05, 0.1) is 12.8 Å². The van der Waals surface area contributed by atoms with Crippen LogP contribution in [0.3, 0.4) is 0 Å². The number of carbonyl (C=O) groups excluding carboxylic acids is 2. The van der Waals surface area contributed by atoms with Gasteiger partial charge in [-0.3, -0.25) is 9.59 Å². The molecule has 4 aromatic carbocycles. The quantitative estimate of drug-likeness (QED) is 0.260. The maximum atomic E-state index is 13.0. The van der Waals surface area contributed by atoms with Crippen molar-refractivity contribution in [1.82, 2.24) is 0 Å². The summed E-state index contributed by atoms with van der Waals surface area (Å²) >= 11 is 12.1. The molecule has 0 aliphatic heterocycles. The second-order valence-corrected chi connectivity index (χ2v) is 8.49. The molecule has 0 saturated heterocycles. The maximum Gasteiger partial charge on any atom is 0.255 e. The lowest BCUT2D eigenvalue weighted by molar-refractivity contribution is 0.102. The van der Waals surface area contributed by atoms with Crippen LogP contribution in [0.2, 0.25) is 10.0 Å². The molecule has 0 fully saturated rings. The lowest BCUT2D eigenvalue weighted by Gasteiger charge is -2.14. The first-order chi connectivity index (χ1) is 16.9.